The van der Waals surface area contributed by atoms with Crippen LogP contribution >= 0.6 is 0 Å². The third-order valence-corrected chi connectivity index (χ3v) is 3.11. The van der Waals surface area contributed by atoms with Crippen LogP contribution in [0.4, 0.5) is 0 Å². The molecule has 3 nitrogen and oxygen atoms in total. The highest BCUT2D eigenvalue weighted by atomic mass is 28.4. The van der Waals surface area contributed by atoms with Crippen molar-refractivity contribution in [1.82, 2.24) is 0 Å². The van der Waals surface area contributed by atoms with Gasteiger partial charge in [-0.15, -0.1) is 0 Å². The van der Waals surface area contributed by atoms with Gasteiger partial charge in [0.2, 0.25) is 0 Å². The van der Waals surface area contributed by atoms with Gasteiger partial charge in [-0.1, -0.05) is 0 Å². The number of rotatable bonds is 5. The van der Waals surface area contributed by atoms with Gasteiger partial charge in [-0.3, -0.25) is 0 Å². The monoisotopic (exact) mass is 164 g/mol. The Morgan fingerprint density at radius 3 is 2.10 bits per heavy atom. The summed E-state index contributed by atoms with van der Waals surface area (Å²) < 4.78 is 15.4. The van der Waals surface area contributed by atoms with Crippen molar-refractivity contribution >= 4 is 8.56 Å². The Balaban J connectivity index is 3.28. The van der Waals surface area contributed by atoms with E-state index in [0.717, 1.165) is 0 Å². The molecule has 0 bridgehead atoms. The Bertz CT molecular complexity index is 85.1. The fourth-order valence-electron chi connectivity index (χ4n) is 0.430. The molecule has 0 aliphatic heterocycles. The minimum atomic E-state index is -1.79. The minimum absolute atomic E-state index is 0.629. The third-order valence-electron chi connectivity index (χ3n) is 1.23. The fraction of sp³-hybridized carbons (Fsp3) is 1.00. The largest absolute Gasteiger partial charge is 0.398 e. The van der Waals surface area contributed by atoms with E-state index in [1.807, 2.05) is 13.1 Å². The lowest BCUT2D eigenvalue weighted by Gasteiger charge is -2.19. The molecule has 10 heavy (non-hydrogen) atoms. The fourth-order valence-corrected chi connectivity index (χ4v) is 1.12. The van der Waals surface area contributed by atoms with Crippen molar-refractivity contribution in [1.29, 1.82) is 0 Å². The molecule has 0 radical (unpaired) electrons. The summed E-state index contributed by atoms with van der Waals surface area (Å²) in [6.45, 7) is 5.27. The second-order valence-corrected chi connectivity index (χ2v) is 5.94. The minimum Gasteiger partial charge on any atom is -0.398 e. The van der Waals surface area contributed by atoms with E-state index in [1.54, 1.807) is 14.2 Å². The van der Waals surface area contributed by atoms with Crippen molar-refractivity contribution in [3.8, 4) is 0 Å². The van der Waals surface area contributed by atoms with Crippen LogP contribution < -0.4 is 0 Å². The lowest BCUT2D eigenvalue weighted by molar-refractivity contribution is 0.121. The van der Waals surface area contributed by atoms with E-state index in [9.17, 15) is 0 Å². The van der Waals surface area contributed by atoms with Crippen molar-refractivity contribution in [2.24, 2.45) is 0 Å². The average Bonchev–Trinajstić information content (AvgIpc) is 1.89. The summed E-state index contributed by atoms with van der Waals surface area (Å²) in [5.74, 6) is 0. The smallest absolute Gasteiger partial charge is 0.331 e. The van der Waals surface area contributed by atoms with Crippen LogP contribution in [0.2, 0.25) is 13.1 Å². The maximum Gasteiger partial charge on any atom is 0.331 e. The number of hydrogen-bond donors (Lipinski definition) is 0. The Hall–Kier alpha value is 0.0969. The van der Waals surface area contributed by atoms with E-state index in [2.05, 4.69) is 0 Å². The van der Waals surface area contributed by atoms with Gasteiger partial charge in [-0.25, -0.2) is 0 Å². The summed E-state index contributed by atoms with van der Waals surface area (Å²) in [5.41, 5.74) is 0. The molecule has 0 aliphatic rings. The molecule has 0 aliphatic carbocycles. The number of ether oxygens (including phenoxy) is 1. The molecule has 0 saturated heterocycles. The maximum atomic E-state index is 5.41. The molecule has 0 atom stereocenters. The van der Waals surface area contributed by atoms with Gasteiger partial charge in [0.05, 0.1) is 13.2 Å². The van der Waals surface area contributed by atoms with Gasteiger partial charge in [0.1, 0.15) is 0 Å². The predicted molar refractivity (Wildman–Crippen MR) is 42.3 cm³/mol. The van der Waals surface area contributed by atoms with Gasteiger partial charge in [0, 0.05) is 14.2 Å². The van der Waals surface area contributed by atoms with E-state index in [-0.39, 0.29) is 0 Å². The molecule has 62 valence electrons. The first-order valence-electron chi connectivity index (χ1n) is 3.30. The molecule has 0 amide bonds. The zero-order chi connectivity index (χ0) is 8.04. The highest BCUT2D eigenvalue weighted by Crippen LogP contribution is 2.02. The van der Waals surface area contributed by atoms with E-state index < -0.39 is 8.56 Å². The summed E-state index contributed by atoms with van der Waals surface area (Å²) in [4.78, 5) is 0. The van der Waals surface area contributed by atoms with Crippen molar-refractivity contribution < 1.29 is 13.6 Å². The molecule has 0 spiro atoms. The van der Waals surface area contributed by atoms with Gasteiger partial charge < -0.3 is 13.6 Å². The van der Waals surface area contributed by atoms with Gasteiger partial charge in [0.15, 0.2) is 0 Å². The molecule has 0 fully saturated rings. The van der Waals surface area contributed by atoms with Crippen LogP contribution in [0.5, 0.6) is 0 Å². The zero-order valence-corrected chi connectivity index (χ0v) is 8.14. The standard InChI is InChI=1S/C6H16O3Si/c1-7-5-6-9-10(3,4)8-2/h5-6H2,1-4H3. The normalized spacial score (nSPS) is 12.0. The van der Waals surface area contributed by atoms with Crippen molar-refractivity contribution in [3.05, 3.63) is 0 Å². The van der Waals surface area contributed by atoms with Crippen LogP contribution in [0.3, 0.4) is 0 Å². The van der Waals surface area contributed by atoms with Crippen LogP contribution in [-0.2, 0) is 13.6 Å². The van der Waals surface area contributed by atoms with E-state index >= 15 is 0 Å². The van der Waals surface area contributed by atoms with E-state index in [1.165, 1.54) is 0 Å². The molecule has 0 aromatic heterocycles. The van der Waals surface area contributed by atoms with Gasteiger partial charge >= 0.3 is 8.56 Å². The Morgan fingerprint density at radius 1 is 1.10 bits per heavy atom. The van der Waals surface area contributed by atoms with E-state index in [0.29, 0.717) is 13.2 Å². The Morgan fingerprint density at radius 2 is 1.70 bits per heavy atom. The second-order valence-electron chi connectivity index (χ2n) is 2.45. The van der Waals surface area contributed by atoms with Crippen molar-refractivity contribution in [3.63, 3.8) is 0 Å². The summed E-state index contributed by atoms with van der Waals surface area (Å²) in [7, 11) is 1.54. The molecule has 0 N–H and O–H groups in total. The molecule has 0 aromatic rings. The molecular weight excluding hydrogens is 148 g/mol. The average molecular weight is 164 g/mol. The quantitative estimate of drug-likeness (QED) is 0.448. The second kappa shape index (κ2) is 4.84. The Kier molecular flexibility index (Phi) is 4.89. The summed E-state index contributed by atoms with van der Waals surface area (Å²) >= 11 is 0. The summed E-state index contributed by atoms with van der Waals surface area (Å²) in [5, 5.41) is 0. The maximum absolute atomic E-state index is 5.41. The molecule has 0 heterocycles. The number of hydrogen-bond acceptors (Lipinski definition) is 3. The lowest BCUT2D eigenvalue weighted by atomic mass is 10.8. The van der Waals surface area contributed by atoms with Crippen LogP contribution in [0, 0.1) is 0 Å². The first-order chi connectivity index (χ1) is 4.62. The van der Waals surface area contributed by atoms with Gasteiger partial charge in [-0.05, 0) is 13.1 Å². The highest BCUT2D eigenvalue weighted by Gasteiger charge is 2.21. The number of methoxy groups -OCH3 is 1. The first-order valence-corrected chi connectivity index (χ1v) is 6.12. The first kappa shape index (κ1) is 10.1. The van der Waals surface area contributed by atoms with Crippen LogP contribution in [0.15, 0.2) is 0 Å². The topological polar surface area (TPSA) is 27.7 Å². The molecule has 0 unspecified atom stereocenters. The lowest BCUT2D eigenvalue weighted by Crippen LogP contribution is -2.34. The van der Waals surface area contributed by atoms with Crippen LogP contribution in [-0.4, -0.2) is 36.0 Å². The molecule has 0 aromatic carbocycles. The summed E-state index contributed by atoms with van der Waals surface area (Å²) in [6, 6.07) is 0. The van der Waals surface area contributed by atoms with Crippen LogP contribution in [0.1, 0.15) is 0 Å². The highest BCUT2D eigenvalue weighted by molar-refractivity contribution is 6.64. The third kappa shape index (κ3) is 4.93. The van der Waals surface area contributed by atoms with Gasteiger partial charge in [-0.2, -0.15) is 0 Å². The van der Waals surface area contributed by atoms with Crippen LogP contribution in [0.25, 0.3) is 0 Å². The van der Waals surface area contributed by atoms with Crippen molar-refractivity contribution in [2.75, 3.05) is 27.4 Å². The molecular formula is C6H16O3Si. The molecule has 4 heteroatoms. The summed E-state index contributed by atoms with van der Waals surface area (Å²) in [6.07, 6.45) is 0. The Labute approximate surface area is 63.5 Å². The molecule has 0 saturated carbocycles. The zero-order valence-electron chi connectivity index (χ0n) is 7.14. The predicted octanol–water partition coefficient (Wildman–Crippen LogP) is 0.998. The molecule has 0 rings (SSSR count). The van der Waals surface area contributed by atoms with Crippen molar-refractivity contribution in [2.45, 2.75) is 13.1 Å². The SMILES string of the molecule is COCCO[Si](C)(C)OC. The van der Waals surface area contributed by atoms with Gasteiger partial charge in [0.25, 0.3) is 0 Å². The van der Waals surface area contributed by atoms with E-state index in [4.69, 9.17) is 13.6 Å².